The second-order valence-electron chi connectivity index (χ2n) is 7.88. The van der Waals surface area contributed by atoms with Gasteiger partial charge in [0.15, 0.2) is 5.50 Å². The average molecular weight is 455 g/mol. The van der Waals surface area contributed by atoms with E-state index in [0.717, 1.165) is 16.8 Å². The standard InChI is InChI=1S/C24H26N2O3S2/c1-5-29-23(28)20-15(4)25-24-26(21(20)18-8-6-17(7-9-18)14(2)3)22(27)19(31-24)12-16-10-11-30-13-16/h6-14,21,24-25H,5H2,1-4H3/b19-12-/t21-,24+/m0/s1. The van der Waals surface area contributed by atoms with E-state index in [9.17, 15) is 9.59 Å². The van der Waals surface area contributed by atoms with E-state index in [2.05, 4.69) is 31.3 Å². The summed E-state index contributed by atoms with van der Waals surface area (Å²) < 4.78 is 5.37. The highest BCUT2D eigenvalue weighted by Crippen LogP contribution is 2.46. The summed E-state index contributed by atoms with van der Waals surface area (Å²) in [7, 11) is 0. The Morgan fingerprint density at radius 2 is 2.00 bits per heavy atom. The number of rotatable bonds is 5. The van der Waals surface area contributed by atoms with Gasteiger partial charge in [-0.1, -0.05) is 49.9 Å². The van der Waals surface area contributed by atoms with Crippen LogP contribution in [0.4, 0.5) is 0 Å². The molecule has 2 aliphatic rings. The van der Waals surface area contributed by atoms with Crippen molar-refractivity contribution in [3.05, 3.63) is 74.0 Å². The number of allylic oxidation sites excluding steroid dienone is 1. The molecule has 162 valence electrons. The van der Waals surface area contributed by atoms with Crippen LogP contribution in [0.2, 0.25) is 0 Å². The molecule has 3 heterocycles. The van der Waals surface area contributed by atoms with E-state index in [1.807, 2.05) is 42.0 Å². The minimum atomic E-state index is -0.500. The molecule has 0 spiro atoms. The molecule has 2 aromatic rings. The zero-order valence-corrected chi connectivity index (χ0v) is 19.7. The van der Waals surface area contributed by atoms with Crippen molar-refractivity contribution in [2.75, 3.05) is 6.61 Å². The average Bonchev–Trinajstić information content (AvgIpc) is 3.35. The molecule has 0 unspecified atom stereocenters. The van der Waals surface area contributed by atoms with Gasteiger partial charge in [0.2, 0.25) is 0 Å². The predicted octanol–water partition coefficient (Wildman–Crippen LogP) is 5.25. The van der Waals surface area contributed by atoms with Gasteiger partial charge in [-0.3, -0.25) is 9.69 Å². The number of thiophene rings is 1. The monoisotopic (exact) mass is 454 g/mol. The van der Waals surface area contributed by atoms with Crippen LogP contribution in [0.5, 0.6) is 0 Å². The van der Waals surface area contributed by atoms with Crippen molar-refractivity contribution in [3.8, 4) is 0 Å². The maximum Gasteiger partial charge on any atom is 0.338 e. The lowest BCUT2D eigenvalue weighted by molar-refractivity contribution is -0.140. The van der Waals surface area contributed by atoms with Crippen LogP contribution in [-0.2, 0) is 14.3 Å². The lowest BCUT2D eigenvalue weighted by Gasteiger charge is -2.39. The summed E-state index contributed by atoms with van der Waals surface area (Å²) in [5.74, 6) is -0.0707. The van der Waals surface area contributed by atoms with Gasteiger partial charge in [-0.15, -0.1) is 0 Å². The molecule has 4 rings (SSSR count). The third-order valence-corrected chi connectivity index (χ3v) is 7.30. The molecule has 7 heteroatoms. The Labute approximate surface area is 191 Å². The molecule has 2 aliphatic heterocycles. The topological polar surface area (TPSA) is 58.6 Å². The molecule has 2 atom stereocenters. The van der Waals surface area contributed by atoms with Gasteiger partial charge in [0.25, 0.3) is 5.91 Å². The highest BCUT2D eigenvalue weighted by molar-refractivity contribution is 8.05. The molecule has 1 amide bonds. The number of thioether (sulfide) groups is 1. The zero-order valence-electron chi connectivity index (χ0n) is 18.0. The van der Waals surface area contributed by atoms with Crippen LogP contribution < -0.4 is 5.32 Å². The van der Waals surface area contributed by atoms with Crippen LogP contribution in [0.1, 0.15) is 56.3 Å². The molecule has 1 aromatic carbocycles. The fraction of sp³-hybridized carbons (Fsp3) is 0.333. The number of hydrogen-bond acceptors (Lipinski definition) is 6. The lowest BCUT2D eigenvalue weighted by Crippen LogP contribution is -2.49. The minimum Gasteiger partial charge on any atom is -0.463 e. The van der Waals surface area contributed by atoms with Crippen LogP contribution in [-0.4, -0.2) is 28.9 Å². The van der Waals surface area contributed by atoms with Crippen LogP contribution in [0, 0.1) is 0 Å². The quantitative estimate of drug-likeness (QED) is 0.494. The maximum atomic E-state index is 13.5. The first kappa shape index (κ1) is 21.7. The second kappa shape index (κ2) is 8.93. The molecule has 1 N–H and O–H groups in total. The van der Waals surface area contributed by atoms with Crippen molar-refractivity contribution in [2.24, 2.45) is 0 Å². The van der Waals surface area contributed by atoms with Gasteiger partial charge in [0, 0.05) is 5.70 Å². The first-order valence-corrected chi connectivity index (χ1v) is 12.2. The summed E-state index contributed by atoms with van der Waals surface area (Å²) >= 11 is 3.08. The number of nitrogens with one attached hydrogen (secondary N) is 1. The Bertz CT molecular complexity index is 1040. The van der Waals surface area contributed by atoms with Crippen molar-refractivity contribution in [3.63, 3.8) is 0 Å². The van der Waals surface area contributed by atoms with Gasteiger partial charge in [-0.2, -0.15) is 11.3 Å². The molecule has 0 saturated carbocycles. The highest BCUT2D eigenvalue weighted by atomic mass is 32.2. The molecular weight excluding hydrogens is 428 g/mol. The summed E-state index contributed by atoms with van der Waals surface area (Å²) in [6.45, 7) is 8.24. The Morgan fingerprint density at radius 3 is 2.61 bits per heavy atom. The Balaban J connectivity index is 1.78. The van der Waals surface area contributed by atoms with E-state index in [0.29, 0.717) is 16.4 Å². The molecule has 0 bridgehead atoms. The van der Waals surface area contributed by atoms with Gasteiger partial charge in [0.1, 0.15) is 0 Å². The molecular formula is C24H26N2O3S2. The maximum absolute atomic E-state index is 13.5. The first-order chi connectivity index (χ1) is 14.9. The van der Waals surface area contributed by atoms with E-state index in [-0.39, 0.29) is 18.0 Å². The number of benzene rings is 1. The van der Waals surface area contributed by atoms with Crippen LogP contribution in [0.15, 0.2) is 57.3 Å². The van der Waals surface area contributed by atoms with Crippen LogP contribution in [0.3, 0.4) is 0 Å². The highest BCUT2D eigenvalue weighted by Gasteiger charge is 2.47. The summed E-state index contributed by atoms with van der Waals surface area (Å²) in [5, 5.41) is 7.35. The van der Waals surface area contributed by atoms with Gasteiger partial charge in [-0.25, -0.2) is 4.79 Å². The Kier molecular flexibility index (Phi) is 6.25. The first-order valence-electron chi connectivity index (χ1n) is 10.4. The fourth-order valence-corrected chi connectivity index (χ4v) is 5.72. The summed E-state index contributed by atoms with van der Waals surface area (Å²) in [6.07, 6.45) is 1.92. The molecule has 1 fully saturated rings. The van der Waals surface area contributed by atoms with Crippen LogP contribution >= 0.6 is 23.1 Å². The van der Waals surface area contributed by atoms with Crippen molar-refractivity contribution >= 4 is 41.1 Å². The Morgan fingerprint density at radius 1 is 1.26 bits per heavy atom. The summed E-state index contributed by atoms with van der Waals surface area (Å²) in [5.41, 5.74) is 4.09. The smallest absolute Gasteiger partial charge is 0.338 e. The number of esters is 1. The van der Waals surface area contributed by atoms with Crippen molar-refractivity contribution < 1.29 is 14.3 Å². The van der Waals surface area contributed by atoms with Gasteiger partial charge >= 0.3 is 5.97 Å². The molecule has 1 saturated heterocycles. The van der Waals surface area contributed by atoms with Gasteiger partial charge in [-0.05, 0) is 59.4 Å². The van der Waals surface area contributed by atoms with E-state index in [4.69, 9.17) is 4.74 Å². The summed E-state index contributed by atoms with van der Waals surface area (Å²) in [4.78, 5) is 28.8. The SMILES string of the molecule is CCOC(=O)C1=C(C)N[C@H]2S/C(=C\c3ccsc3)C(=O)N2[C@H]1c1ccc(C(C)C)cc1. The van der Waals surface area contributed by atoms with E-state index < -0.39 is 12.0 Å². The number of fused-ring (bicyclic) bond motifs is 1. The largest absolute Gasteiger partial charge is 0.463 e. The predicted molar refractivity (Wildman–Crippen MR) is 126 cm³/mol. The molecule has 0 aliphatic carbocycles. The summed E-state index contributed by atoms with van der Waals surface area (Å²) in [6, 6.07) is 9.68. The third kappa shape index (κ3) is 4.16. The van der Waals surface area contributed by atoms with Crippen LogP contribution in [0.25, 0.3) is 6.08 Å². The number of hydrogen-bond donors (Lipinski definition) is 1. The molecule has 5 nitrogen and oxygen atoms in total. The fourth-order valence-electron chi connectivity index (χ4n) is 3.89. The number of amides is 1. The van der Waals surface area contributed by atoms with Crippen molar-refractivity contribution in [1.29, 1.82) is 0 Å². The van der Waals surface area contributed by atoms with Crippen molar-refractivity contribution in [1.82, 2.24) is 10.2 Å². The van der Waals surface area contributed by atoms with Crippen molar-refractivity contribution in [2.45, 2.75) is 45.2 Å². The van der Waals surface area contributed by atoms with E-state index in [1.54, 1.807) is 23.2 Å². The van der Waals surface area contributed by atoms with E-state index >= 15 is 0 Å². The number of nitrogens with zero attached hydrogens (tertiary/aromatic N) is 1. The minimum absolute atomic E-state index is 0.0825. The Hall–Kier alpha value is -2.51. The molecule has 0 radical (unpaired) electrons. The normalized spacial score (nSPS) is 22.2. The number of carbonyl (C=O) groups excluding carboxylic acids is 2. The van der Waals surface area contributed by atoms with Gasteiger partial charge < -0.3 is 10.1 Å². The third-order valence-electron chi connectivity index (χ3n) is 5.49. The molecule has 31 heavy (non-hydrogen) atoms. The zero-order chi connectivity index (χ0) is 22.1. The number of carbonyl (C=O) groups is 2. The molecule has 1 aromatic heterocycles. The lowest BCUT2D eigenvalue weighted by atomic mass is 9.91. The van der Waals surface area contributed by atoms with Gasteiger partial charge in [0.05, 0.1) is 23.1 Å². The second-order valence-corrected chi connectivity index (χ2v) is 9.78. The number of ether oxygens (including phenoxy) is 1. The van der Waals surface area contributed by atoms with E-state index in [1.165, 1.54) is 17.3 Å².